The van der Waals surface area contributed by atoms with E-state index in [9.17, 15) is 4.79 Å². The SMILES string of the molecule is O=C1/C(=C\c2cccnc2)SC(c2cccc(Cl)c2)N1CCCN1CCCCC1. The Kier molecular flexibility index (Phi) is 6.90. The summed E-state index contributed by atoms with van der Waals surface area (Å²) in [5.74, 6) is 0.0995. The molecule has 2 saturated heterocycles. The number of carbonyl (C=O) groups is 1. The second-order valence-corrected chi connectivity index (χ2v) is 9.13. The molecule has 0 spiro atoms. The minimum atomic E-state index is -0.0366. The number of pyridine rings is 1. The molecule has 1 aromatic heterocycles. The quantitative estimate of drug-likeness (QED) is 0.591. The first-order chi connectivity index (χ1) is 14.2. The van der Waals surface area contributed by atoms with Crippen LogP contribution in [0.3, 0.4) is 0 Å². The average Bonchev–Trinajstić information content (AvgIpc) is 3.05. The summed E-state index contributed by atoms with van der Waals surface area (Å²) in [6, 6.07) is 11.7. The van der Waals surface area contributed by atoms with Crippen molar-refractivity contribution >= 4 is 35.3 Å². The van der Waals surface area contributed by atoms with Crippen molar-refractivity contribution in [2.24, 2.45) is 0 Å². The minimum absolute atomic E-state index is 0.0366. The number of halogens is 1. The van der Waals surface area contributed by atoms with Gasteiger partial charge >= 0.3 is 0 Å². The first-order valence-electron chi connectivity index (χ1n) is 10.3. The molecule has 2 aromatic rings. The van der Waals surface area contributed by atoms with Gasteiger partial charge in [-0.2, -0.15) is 0 Å². The molecule has 2 fully saturated rings. The van der Waals surface area contributed by atoms with Gasteiger partial charge in [0.25, 0.3) is 5.91 Å². The van der Waals surface area contributed by atoms with E-state index in [-0.39, 0.29) is 11.3 Å². The van der Waals surface area contributed by atoms with Crippen LogP contribution < -0.4 is 0 Å². The number of nitrogens with zero attached hydrogens (tertiary/aromatic N) is 3. The van der Waals surface area contributed by atoms with Crippen LogP contribution in [0.5, 0.6) is 0 Å². The highest BCUT2D eigenvalue weighted by Crippen LogP contribution is 2.46. The predicted octanol–water partition coefficient (Wildman–Crippen LogP) is 5.23. The molecule has 1 amide bonds. The van der Waals surface area contributed by atoms with E-state index < -0.39 is 0 Å². The third kappa shape index (κ3) is 5.21. The highest BCUT2D eigenvalue weighted by atomic mass is 35.5. The second-order valence-electron chi connectivity index (χ2n) is 7.57. The van der Waals surface area contributed by atoms with Crippen LogP contribution in [0.4, 0.5) is 0 Å². The van der Waals surface area contributed by atoms with Gasteiger partial charge in [0, 0.05) is 24.0 Å². The van der Waals surface area contributed by atoms with Gasteiger partial charge < -0.3 is 9.80 Å². The number of carbonyl (C=O) groups excluding carboxylic acids is 1. The van der Waals surface area contributed by atoms with Crippen molar-refractivity contribution in [3.63, 3.8) is 0 Å². The van der Waals surface area contributed by atoms with E-state index in [1.807, 2.05) is 41.3 Å². The summed E-state index contributed by atoms with van der Waals surface area (Å²) in [5.41, 5.74) is 2.02. The number of benzene rings is 1. The van der Waals surface area contributed by atoms with Crippen LogP contribution in [0.2, 0.25) is 5.02 Å². The molecule has 2 aliphatic heterocycles. The Bertz CT molecular complexity index is 867. The summed E-state index contributed by atoms with van der Waals surface area (Å²) >= 11 is 7.84. The van der Waals surface area contributed by atoms with Crippen molar-refractivity contribution in [3.8, 4) is 0 Å². The van der Waals surface area contributed by atoms with E-state index in [1.165, 1.54) is 32.4 Å². The summed E-state index contributed by atoms with van der Waals surface area (Å²) in [6.07, 6.45) is 10.4. The Balaban J connectivity index is 1.51. The number of aromatic nitrogens is 1. The van der Waals surface area contributed by atoms with Crippen molar-refractivity contribution in [1.29, 1.82) is 0 Å². The molecule has 0 N–H and O–H groups in total. The molecule has 0 saturated carbocycles. The number of piperidine rings is 1. The first-order valence-corrected chi connectivity index (χ1v) is 11.5. The molecule has 0 radical (unpaired) electrons. The maximum Gasteiger partial charge on any atom is 0.261 e. The van der Waals surface area contributed by atoms with E-state index in [4.69, 9.17) is 11.6 Å². The largest absolute Gasteiger partial charge is 0.322 e. The topological polar surface area (TPSA) is 36.4 Å². The first kappa shape index (κ1) is 20.5. The number of hydrogen-bond acceptors (Lipinski definition) is 4. The summed E-state index contributed by atoms with van der Waals surface area (Å²) in [7, 11) is 0. The number of amides is 1. The number of thioether (sulfide) groups is 1. The monoisotopic (exact) mass is 427 g/mol. The summed E-state index contributed by atoms with van der Waals surface area (Å²) in [4.78, 5) is 22.7. The number of likely N-dealkylation sites (tertiary alicyclic amines) is 1. The standard InChI is InChI=1S/C23H26ClN3OS/c24-20-9-4-8-19(16-20)23-27(14-6-13-26-11-2-1-3-12-26)22(28)21(29-23)15-18-7-5-10-25-17-18/h4-5,7-10,15-17,23H,1-3,6,11-14H2/b21-15+. The Morgan fingerprint density at radius 1 is 1.14 bits per heavy atom. The molecule has 6 heteroatoms. The van der Waals surface area contributed by atoms with Crippen LogP contribution in [-0.2, 0) is 4.79 Å². The van der Waals surface area contributed by atoms with E-state index in [0.717, 1.165) is 35.5 Å². The molecule has 3 heterocycles. The highest BCUT2D eigenvalue weighted by Gasteiger charge is 2.36. The minimum Gasteiger partial charge on any atom is -0.322 e. The van der Waals surface area contributed by atoms with E-state index >= 15 is 0 Å². The molecular formula is C23H26ClN3OS. The predicted molar refractivity (Wildman–Crippen MR) is 121 cm³/mol. The van der Waals surface area contributed by atoms with Gasteiger partial charge in [-0.05, 0) is 74.3 Å². The average molecular weight is 428 g/mol. The van der Waals surface area contributed by atoms with Crippen molar-refractivity contribution in [1.82, 2.24) is 14.8 Å². The summed E-state index contributed by atoms with van der Waals surface area (Å²) in [5, 5.41) is 0.666. The van der Waals surface area contributed by atoms with Gasteiger partial charge in [-0.15, -0.1) is 0 Å². The Morgan fingerprint density at radius 3 is 2.76 bits per heavy atom. The smallest absolute Gasteiger partial charge is 0.261 e. The molecule has 1 atom stereocenters. The molecule has 4 nitrogen and oxygen atoms in total. The van der Waals surface area contributed by atoms with Crippen LogP contribution in [0.25, 0.3) is 6.08 Å². The lowest BCUT2D eigenvalue weighted by Crippen LogP contribution is -2.34. The Labute approximate surface area is 181 Å². The number of hydrogen-bond donors (Lipinski definition) is 0. The zero-order chi connectivity index (χ0) is 20.1. The van der Waals surface area contributed by atoms with Gasteiger partial charge in [0.2, 0.25) is 0 Å². The van der Waals surface area contributed by atoms with Crippen molar-refractivity contribution in [3.05, 3.63) is 69.8 Å². The molecule has 0 aliphatic carbocycles. The molecule has 29 heavy (non-hydrogen) atoms. The lowest BCUT2D eigenvalue weighted by atomic mass is 10.1. The van der Waals surface area contributed by atoms with E-state index in [1.54, 1.807) is 24.2 Å². The van der Waals surface area contributed by atoms with E-state index in [2.05, 4.69) is 16.0 Å². The van der Waals surface area contributed by atoms with Crippen LogP contribution in [0.15, 0.2) is 53.7 Å². The Morgan fingerprint density at radius 2 is 2.00 bits per heavy atom. The lowest BCUT2D eigenvalue weighted by molar-refractivity contribution is -0.126. The third-order valence-electron chi connectivity index (χ3n) is 5.43. The molecule has 2 aliphatic rings. The van der Waals surface area contributed by atoms with Crippen molar-refractivity contribution in [2.45, 2.75) is 31.1 Å². The van der Waals surface area contributed by atoms with Crippen molar-refractivity contribution in [2.75, 3.05) is 26.2 Å². The fraction of sp³-hybridized carbons (Fsp3) is 0.391. The zero-order valence-corrected chi connectivity index (χ0v) is 18.0. The molecule has 152 valence electrons. The van der Waals surface area contributed by atoms with Crippen LogP contribution in [0.1, 0.15) is 42.2 Å². The maximum absolute atomic E-state index is 13.2. The van der Waals surface area contributed by atoms with Gasteiger partial charge in [0.15, 0.2) is 0 Å². The van der Waals surface area contributed by atoms with Gasteiger partial charge in [-0.25, -0.2) is 0 Å². The molecule has 1 unspecified atom stereocenters. The van der Waals surface area contributed by atoms with E-state index in [0.29, 0.717) is 5.02 Å². The summed E-state index contributed by atoms with van der Waals surface area (Å²) < 4.78 is 0. The fourth-order valence-electron chi connectivity index (χ4n) is 3.97. The highest BCUT2D eigenvalue weighted by molar-refractivity contribution is 8.04. The van der Waals surface area contributed by atoms with Gasteiger partial charge in [0.05, 0.1) is 4.91 Å². The molecule has 4 rings (SSSR count). The second kappa shape index (κ2) is 9.79. The zero-order valence-electron chi connectivity index (χ0n) is 16.5. The maximum atomic E-state index is 13.2. The molecule has 1 aromatic carbocycles. The molecular weight excluding hydrogens is 402 g/mol. The van der Waals surface area contributed by atoms with Gasteiger partial charge in [-0.1, -0.05) is 48.0 Å². The summed E-state index contributed by atoms with van der Waals surface area (Å²) in [6.45, 7) is 4.18. The molecule has 0 bridgehead atoms. The fourth-order valence-corrected chi connectivity index (χ4v) is 5.44. The Hall–Kier alpha value is -1.82. The van der Waals surface area contributed by atoms with Gasteiger partial charge in [0.1, 0.15) is 5.37 Å². The van der Waals surface area contributed by atoms with Gasteiger partial charge in [-0.3, -0.25) is 9.78 Å². The number of rotatable bonds is 6. The lowest BCUT2D eigenvalue weighted by Gasteiger charge is -2.28. The van der Waals surface area contributed by atoms with Crippen LogP contribution in [0, 0.1) is 0 Å². The normalized spacial score (nSPS) is 21.8. The third-order valence-corrected chi connectivity index (χ3v) is 6.96. The van der Waals surface area contributed by atoms with Crippen LogP contribution >= 0.6 is 23.4 Å². The van der Waals surface area contributed by atoms with Crippen LogP contribution in [-0.4, -0.2) is 46.9 Å². The van der Waals surface area contributed by atoms with Crippen molar-refractivity contribution < 1.29 is 4.79 Å².